The lowest BCUT2D eigenvalue weighted by Crippen LogP contribution is -2.39. The summed E-state index contributed by atoms with van der Waals surface area (Å²) in [5.74, 6) is -1.40. The van der Waals surface area contributed by atoms with Crippen molar-refractivity contribution in [1.29, 1.82) is 0 Å². The van der Waals surface area contributed by atoms with E-state index in [1.54, 1.807) is 13.8 Å². The van der Waals surface area contributed by atoms with Crippen LogP contribution in [0.15, 0.2) is 30.3 Å². The molecule has 0 aromatic heterocycles. The SMILES string of the molecule is COC(=O)c1cc(C)c(NC(=O)c2cc(N3CCC(OS(C)(C)C(C)(C)C)CC3)ccc2C(F)(F)F)c(C)c1. The van der Waals surface area contributed by atoms with Crippen molar-refractivity contribution in [2.24, 2.45) is 0 Å². The number of benzene rings is 2. The molecular weight excluding hydrogens is 529 g/mol. The van der Waals surface area contributed by atoms with Gasteiger partial charge in [-0.1, -0.05) is 20.8 Å². The number of esters is 1. The molecule has 39 heavy (non-hydrogen) atoms. The second-order valence-corrected chi connectivity index (χ2v) is 15.2. The number of hydrogen-bond acceptors (Lipinski definition) is 5. The molecule has 0 atom stereocenters. The van der Waals surface area contributed by atoms with Crippen LogP contribution in [-0.4, -0.2) is 55.4 Å². The number of hydrogen-bond donors (Lipinski definition) is 1. The molecule has 10 heteroatoms. The van der Waals surface area contributed by atoms with Crippen molar-refractivity contribution in [1.82, 2.24) is 0 Å². The average Bonchev–Trinajstić information content (AvgIpc) is 2.84. The van der Waals surface area contributed by atoms with E-state index in [1.807, 2.05) is 4.90 Å². The van der Waals surface area contributed by atoms with Gasteiger partial charge in [-0.3, -0.25) is 4.79 Å². The molecule has 1 aliphatic rings. The Morgan fingerprint density at radius 2 is 1.56 bits per heavy atom. The molecule has 0 aliphatic carbocycles. The van der Waals surface area contributed by atoms with E-state index in [0.717, 1.165) is 18.9 Å². The molecule has 0 radical (unpaired) electrons. The monoisotopic (exact) mass is 568 g/mol. The fourth-order valence-corrected chi connectivity index (χ4v) is 5.60. The number of halogens is 3. The highest BCUT2D eigenvalue weighted by Crippen LogP contribution is 2.55. The number of carbonyl (C=O) groups is 2. The summed E-state index contributed by atoms with van der Waals surface area (Å²) in [7, 11) is -0.0260. The van der Waals surface area contributed by atoms with Gasteiger partial charge in [-0.2, -0.15) is 13.2 Å². The number of piperidine rings is 1. The van der Waals surface area contributed by atoms with Crippen molar-refractivity contribution in [3.8, 4) is 0 Å². The standard InChI is InChI=1S/C29H39F3N2O4S/c1-18-15-20(27(36)37-6)16-19(2)25(18)33-26(35)23-17-21(9-10-24(23)29(30,31)32)34-13-11-22(12-14-34)38-39(7,8)28(3,4)5/h9-10,15-17,22H,11-14H2,1-8H3,(H,33,35). The minimum atomic E-state index is -4.70. The summed E-state index contributed by atoms with van der Waals surface area (Å²) >= 11 is 0. The number of rotatable bonds is 6. The van der Waals surface area contributed by atoms with E-state index in [9.17, 15) is 22.8 Å². The highest BCUT2D eigenvalue weighted by atomic mass is 32.3. The van der Waals surface area contributed by atoms with Gasteiger partial charge in [0.15, 0.2) is 0 Å². The first-order valence-electron chi connectivity index (χ1n) is 12.8. The van der Waals surface area contributed by atoms with Gasteiger partial charge in [0.1, 0.15) is 0 Å². The molecule has 216 valence electrons. The van der Waals surface area contributed by atoms with Gasteiger partial charge >= 0.3 is 12.1 Å². The Morgan fingerprint density at radius 3 is 2.05 bits per heavy atom. The van der Waals surface area contributed by atoms with Crippen LogP contribution in [0.3, 0.4) is 0 Å². The minimum Gasteiger partial charge on any atom is -0.465 e. The molecule has 3 rings (SSSR count). The van der Waals surface area contributed by atoms with Gasteiger partial charge in [0, 0.05) is 29.2 Å². The predicted octanol–water partition coefficient (Wildman–Crippen LogP) is 7.12. The lowest BCUT2D eigenvalue weighted by atomic mass is 10.0. The third-order valence-electron chi connectivity index (χ3n) is 7.40. The van der Waals surface area contributed by atoms with Crippen LogP contribution >= 0.6 is 10.3 Å². The molecule has 1 fully saturated rings. The second-order valence-electron chi connectivity index (χ2n) is 11.3. The number of amides is 1. The number of methoxy groups -OCH3 is 1. The number of carbonyl (C=O) groups excluding carboxylic acids is 2. The molecule has 0 bridgehead atoms. The van der Waals surface area contributed by atoms with Crippen molar-refractivity contribution in [2.45, 2.75) is 64.5 Å². The molecule has 0 saturated carbocycles. The van der Waals surface area contributed by atoms with E-state index in [-0.39, 0.29) is 10.9 Å². The summed E-state index contributed by atoms with van der Waals surface area (Å²) in [6.07, 6.45) is 1.20. The van der Waals surface area contributed by atoms with Gasteiger partial charge in [-0.25, -0.2) is 4.79 Å². The predicted molar refractivity (Wildman–Crippen MR) is 152 cm³/mol. The number of aryl methyl sites for hydroxylation is 2. The van der Waals surface area contributed by atoms with Gasteiger partial charge < -0.3 is 19.1 Å². The van der Waals surface area contributed by atoms with Crippen molar-refractivity contribution in [3.63, 3.8) is 0 Å². The summed E-state index contributed by atoms with van der Waals surface area (Å²) in [4.78, 5) is 27.2. The Morgan fingerprint density at radius 1 is 1.00 bits per heavy atom. The maximum absolute atomic E-state index is 13.9. The first-order valence-corrected chi connectivity index (χ1v) is 15.2. The highest BCUT2D eigenvalue weighted by molar-refractivity contribution is 8.29. The van der Waals surface area contributed by atoms with E-state index in [2.05, 4.69) is 38.6 Å². The molecule has 0 spiro atoms. The smallest absolute Gasteiger partial charge is 0.417 e. The molecule has 0 unspecified atom stereocenters. The molecule has 2 aromatic rings. The van der Waals surface area contributed by atoms with Crippen molar-refractivity contribution < 1.29 is 31.7 Å². The lowest BCUT2D eigenvalue weighted by molar-refractivity contribution is -0.137. The van der Waals surface area contributed by atoms with E-state index < -0.39 is 39.5 Å². The molecular formula is C29H39F3N2O4S. The van der Waals surface area contributed by atoms with Crippen LogP contribution < -0.4 is 10.2 Å². The van der Waals surface area contributed by atoms with Crippen LogP contribution in [-0.2, 0) is 15.1 Å². The van der Waals surface area contributed by atoms with Crippen LogP contribution in [0.4, 0.5) is 24.5 Å². The number of anilines is 2. The molecule has 1 aliphatic heterocycles. The highest BCUT2D eigenvalue weighted by Gasteiger charge is 2.37. The first-order chi connectivity index (χ1) is 17.9. The van der Waals surface area contributed by atoms with Crippen LogP contribution in [0.5, 0.6) is 0 Å². The fourth-order valence-electron chi connectivity index (χ4n) is 4.44. The summed E-state index contributed by atoms with van der Waals surface area (Å²) in [5, 5.41) is 2.64. The Bertz CT molecular complexity index is 1210. The molecule has 1 amide bonds. The third kappa shape index (κ3) is 7.08. The molecule has 1 heterocycles. The van der Waals surface area contributed by atoms with Crippen molar-refractivity contribution in [2.75, 3.05) is 42.9 Å². The summed E-state index contributed by atoms with van der Waals surface area (Å²) < 4.78 is 53.0. The van der Waals surface area contributed by atoms with E-state index in [4.69, 9.17) is 8.92 Å². The normalized spacial score (nSPS) is 15.7. The summed E-state index contributed by atoms with van der Waals surface area (Å²) in [6.45, 7) is 11.1. The van der Waals surface area contributed by atoms with Gasteiger partial charge in [0.2, 0.25) is 0 Å². The van der Waals surface area contributed by atoms with Crippen LogP contribution in [0.2, 0.25) is 0 Å². The summed E-state index contributed by atoms with van der Waals surface area (Å²) in [5.41, 5.74) is 0.832. The summed E-state index contributed by atoms with van der Waals surface area (Å²) in [6, 6.07) is 6.78. The molecule has 1 N–H and O–H groups in total. The largest absolute Gasteiger partial charge is 0.465 e. The maximum Gasteiger partial charge on any atom is 0.417 e. The number of nitrogens with zero attached hydrogens (tertiary/aromatic N) is 1. The topological polar surface area (TPSA) is 67.9 Å². The zero-order valence-corrected chi connectivity index (χ0v) is 24.7. The lowest BCUT2D eigenvalue weighted by Gasteiger charge is -2.47. The fraction of sp³-hybridized carbons (Fsp3) is 0.517. The Balaban J connectivity index is 1.84. The van der Waals surface area contributed by atoms with Gasteiger partial charge in [-0.05, 0) is 80.7 Å². The maximum atomic E-state index is 13.9. The minimum absolute atomic E-state index is 0.0379. The molecule has 1 saturated heterocycles. The van der Waals surface area contributed by atoms with Crippen molar-refractivity contribution in [3.05, 3.63) is 58.1 Å². The number of alkyl halides is 3. The number of ether oxygens (including phenoxy) is 1. The Labute approximate surface area is 230 Å². The number of nitrogens with one attached hydrogen (secondary N) is 1. The Hall–Kier alpha value is -2.72. The quantitative estimate of drug-likeness (QED) is 0.376. The molecule has 2 aromatic carbocycles. The van der Waals surface area contributed by atoms with Gasteiger partial charge in [0.25, 0.3) is 5.91 Å². The second kappa shape index (κ2) is 11.4. The molecule has 6 nitrogen and oxygen atoms in total. The zero-order valence-electron chi connectivity index (χ0n) is 23.9. The van der Waals surface area contributed by atoms with E-state index >= 15 is 0 Å². The van der Waals surface area contributed by atoms with E-state index in [0.29, 0.717) is 41.2 Å². The third-order valence-corrected chi connectivity index (χ3v) is 11.1. The van der Waals surface area contributed by atoms with Gasteiger partial charge in [0.05, 0.1) is 29.9 Å². The van der Waals surface area contributed by atoms with Crippen LogP contribution in [0, 0.1) is 13.8 Å². The van der Waals surface area contributed by atoms with Gasteiger partial charge in [-0.15, -0.1) is 10.3 Å². The zero-order chi connectivity index (χ0) is 29.3. The average molecular weight is 569 g/mol. The van der Waals surface area contributed by atoms with Crippen molar-refractivity contribution >= 4 is 33.6 Å². The van der Waals surface area contributed by atoms with Crippen LogP contribution in [0.1, 0.15) is 71.0 Å². The first kappa shape index (κ1) is 30.8. The van der Waals surface area contributed by atoms with E-state index in [1.165, 1.54) is 31.4 Å². The Kier molecular flexibility index (Phi) is 9.02. The van der Waals surface area contributed by atoms with Crippen LogP contribution in [0.25, 0.3) is 0 Å².